The van der Waals surface area contributed by atoms with E-state index in [9.17, 15) is 19.8 Å². The fourth-order valence-corrected chi connectivity index (χ4v) is 3.60. The van der Waals surface area contributed by atoms with Gasteiger partial charge in [0.05, 0.1) is 25.4 Å². The quantitative estimate of drug-likeness (QED) is 0.329. The number of benzene rings is 3. The molecule has 0 aliphatic rings. The summed E-state index contributed by atoms with van der Waals surface area (Å²) in [6.07, 6.45) is -0.200. The molecule has 0 bridgehead atoms. The number of nitrogens with one attached hydrogen (secondary N) is 2. The molecule has 0 unspecified atom stereocenters. The van der Waals surface area contributed by atoms with Gasteiger partial charge < -0.3 is 25.6 Å². The third-order valence-electron chi connectivity index (χ3n) is 5.32. The average Bonchev–Trinajstić information content (AvgIpc) is 2.86. The first-order chi connectivity index (χ1) is 16.4. The highest BCUT2D eigenvalue weighted by Crippen LogP contribution is 2.18. The summed E-state index contributed by atoms with van der Waals surface area (Å²) < 4.78 is 4.65. The van der Waals surface area contributed by atoms with Gasteiger partial charge in [0.2, 0.25) is 0 Å². The van der Waals surface area contributed by atoms with Crippen molar-refractivity contribution in [3.63, 3.8) is 0 Å². The second kappa shape index (κ2) is 12.3. The number of aliphatic hydroxyl groups is 2. The van der Waals surface area contributed by atoms with Crippen LogP contribution in [-0.4, -0.2) is 48.4 Å². The SMILES string of the molecule is COC(=O)c1ccc(C(=O)Nc2ccc(C[C@@H](CO)NC[C@@H](O)c3cccc(Cl)c3)cc2)cc1. The molecule has 0 radical (unpaired) electrons. The summed E-state index contributed by atoms with van der Waals surface area (Å²) in [7, 11) is 1.30. The van der Waals surface area contributed by atoms with Crippen LogP contribution in [0, 0.1) is 0 Å². The van der Waals surface area contributed by atoms with Crippen LogP contribution < -0.4 is 10.6 Å². The van der Waals surface area contributed by atoms with Gasteiger partial charge >= 0.3 is 5.97 Å². The smallest absolute Gasteiger partial charge is 0.337 e. The van der Waals surface area contributed by atoms with Crippen molar-refractivity contribution < 1.29 is 24.5 Å². The molecule has 178 valence electrons. The summed E-state index contributed by atoms with van der Waals surface area (Å²) in [5.74, 6) is -0.758. The molecule has 4 N–H and O–H groups in total. The van der Waals surface area contributed by atoms with Crippen molar-refractivity contribution in [2.45, 2.75) is 18.6 Å². The summed E-state index contributed by atoms with van der Waals surface area (Å²) >= 11 is 5.97. The van der Waals surface area contributed by atoms with E-state index in [4.69, 9.17) is 11.6 Å². The van der Waals surface area contributed by atoms with Crippen LogP contribution in [0.3, 0.4) is 0 Å². The van der Waals surface area contributed by atoms with Crippen LogP contribution in [0.15, 0.2) is 72.8 Å². The molecule has 0 saturated carbocycles. The van der Waals surface area contributed by atoms with E-state index in [2.05, 4.69) is 15.4 Å². The van der Waals surface area contributed by atoms with E-state index in [1.807, 2.05) is 12.1 Å². The van der Waals surface area contributed by atoms with Crippen molar-refractivity contribution >= 4 is 29.2 Å². The molecule has 2 atom stereocenters. The molecule has 3 aromatic carbocycles. The lowest BCUT2D eigenvalue weighted by molar-refractivity contribution is 0.0600. The molecule has 0 heterocycles. The minimum absolute atomic E-state index is 0.0949. The number of hydrogen-bond acceptors (Lipinski definition) is 6. The third kappa shape index (κ3) is 7.13. The normalized spacial score (nSPS) is 12.6. The highest BCUT2D eigenvalue weighted by molar-refractivity contribution is 6.30. The van der Waals surface area contributed by atoms with Crippen LogP contribution in [0.1, 0.15) is 37.9 Å². The molecule has 3 aromatic rings. The zero-order valence-electron chi connectivity index (χ0n) is 18.7. The van der Waals surface area contributed by atoms with Crippen LogP contribution >= 0.6 is 11.6 Å². The van der Waals surface area contributed by atoms with E-state index in [0.717, 1.165) is 5.56 Å². The molecule has 3 rings (SSSR count). The second-order valence-corrected chi connectivity index (χ2v) is 8.22. The van der Waals surface area contributed by atoms with Crippen LogP contribution in [0.25, 0.3) is 0 Å². The molecule has 0 spiro atoms. The molecule has 34 heavy (non-hydrogen) atoms. The van der Waals surface area contributed by atoms with Crippen LogP contribution in [0.2, 0.25) is 5.02 Å². The van der Waals surface area contributed by atoms with Crippen LogP contribution in [0.4, 0.5) is 5.69 Å². The van der Waals surface area contributed by atoms with E-state index in [-0.39, 0.29) is 25.1 Å². The summed E-state index contributed by atoms with van der Waals surface area (Å²) in [6, 6.07) is 20.3. The second-order valence-electron chi connectivity index (χ2n) is 7.78. The highest BCUT2D eigenvalue weighted by Gasteiger charge is 2.14. The largest absolute Gasteiger partial charge is 0.465 e. The van der Waals surface area contributed by atoms with Crippen molar-refractivity contribution in [3.8, 4) is 0 Å². The zero-order chi connectivity index (χ0) is 24.5. The summed E-state index contributed by atoms with van der Waals surface area (Å²) in [6.45, 7) is 0.177. The van der Waals surface area contributed by atoms with Crippen molar-refractivity contribution in [2.24, 2.45) is 0 Å². The maximum atomic E-state index is 12.5. The Morgan fingerprint density at radius 3 is 2.29 bits per heavy atom. The lowest BCUT2D eigenvalue weighted by Crippen LogP contribution is -2.37. The lowest BCUT2D eigenvalue weighted by Gasteiger charge is -2.19. The number of rotatable bonds is 10. The number of ether oxygens (including phenoxy) is 1. The topological polar surface area (TPSA) is 108 Å². The number of carbonyl (C=O) groups is 2. The van der Waals surface area contributed by atoms with Gasteiger partial charge in [0.1, 0.15) is 0 Å². The van der Waals surface area contributed by atoms with Gasteiger partial charge in [0.15, 0.2) is 0 Å². The Balaban J connectivity index is 1.52. The Bertz CT molecular complexity index is 1100. The third-order valence-corrected chi connectivity index (χ3v) is 5.55. The van der Waals surface area contributed by atoms with Gasteiger partial charge in [0, 0.05) is 28.9 Å². The fraction of sp³-hybridized carbons (Fsp3) is 0.231. The van der Waals surface area contributed by atoms with Gasteiger partial charge in [-0.1, -0.05) is 35.9 Å². The number of carbonyl (C=O) groups excluding carboxylic acids is 2. The predicted molar refractivity (Wildman–Crippen MR) is 131 cm³/mol. The van der Waals surface area contributed by atoms with E-state index in [0.29, 0.717) is 33.8 Å². The average molecular weight is 483 g/mol. The molecule has 0 aliphatic heterocycles. The van der Waals surface area contributed by atoms with Crippen molar-refractivity contribution in [1.29, 1.82) is 0 Å². The summed E-state index contributed by atoms with van der Waals surface area (Å²) in [4.78, 5) is 24.0. The summed E-state index contributed by atoms with van der Waals surface area (Å²) in [5.41, 5.74) is 3.08. The van der Waals surface area contributed by atoms with E-state index in [1.54, 1.807) is 48.5 Å². The first kappa shape index (κ1) is 25.4. The molecule has 8 heteroatoms. The van der Waals surface area contributed by atoms with E-state index < -0.39 is 12.1 Å². The number of aliphatic hydroxyl groups excluding tert-OH is 2. The minimum Gasteiger partial charge on any atom is -0.465 e. The number of methoxy groups -OCH3 is 1. The molecular weight excluding hydrogens is 456 g/mol. The van der Waals surface area contributed by atoms with Gasteiger partial charge in [-0.2, -0.15) is 0 Å². The lowest BCUT2D eigenvalue weighted by atomic mass is 10.0. The maximum absolute atomic E-state index is 12.5. The molecule has 1 amide bonds. The number of esters is 1. The first-order valence-corrected chi connectivity index (χ1v) is 11.1. The molecule has 0 aromatic heterocycles. The van der Waals surface area contributed by atoms with Crippen molar-refractivity contribution in [2.75, 3.05) is 25.6 Å². The first-order valence-electron chi connectivity index (χ1n) is 10.8. The van der Waals surface area contributed by atoms with Gasteiger partial charge in [-0.15, -0.1) is 0 Å². The summed E-state index contributed by atoms with van der Waals surface area (Å²) in [5, 5.41) is 26.6. The number of amides is 1. The van der Waals surface area contributed by atoms with Gasteiger partial charge in [-0.05, 0) is 66.1 Å². The molecular formula is C26H27ClN2O5. The number of anilines is 1. The van der Waals surface area contributed by atoms with Gasteiger partial charge in [0.25, 0.3) is 5.91 Å². The monoisotopic (exact) mass is 482 g/mol. The van der Waals surface area contributed by atoms with Crippen LogP contribution in [0.5, 0.6) is 0 Å². The van der Waals surface area contributed by atoms with E-state index in [1.165, 1.54) is 19.2 Å². The Morgan fingerprint density at radius 1 is 1.00 bits per heavy atom. The Morgan fingerprint density at radius 2 is 1.68 bits per heavy atom. The highest BCUT2D eigenvalue weighted by atomic mass is 35.5. The Kier molecular flexibility index (Phi) is 9.18. The minimum atomic E-state index is -0.743. The molecule has 0 fully saturated rings. The fourth-order valence-electron chi connectivity index (χ4n) is 3.40. The maximum Gasteiger partial charge on any atom is 0.337 e. The van der Waals surface area contributed by atoms with Crippen molar-refractivity contribution in [1.82, 2.24) is 5.32 Å². The van der Waals surface area contributed by atoms with Crippen LogP contribution in [-0.2, 0) is 11.2 Å². The van der Waals surface area contributed by atoms with Crippen molar-refractivity contribution in [3.05, 3.63) is 100 Å². The Labute approximate surface area is 203 Å². The molecule has 7 nitrogen and oxygen atoms in total. The molecule has 0 aliphatic carbocycles. The standard InChI is InChI=1S/C26H27ClN2O5/c1-34-26(33)19-9-7-18(8-10-19)25(32)29-22-11-5-17(6-12-22)13-23(16-30)28-15-24(31)20-3-2-4-21(27)14-20/h2-12,14,23-24,28,30-31H,13,15-16H2,1H3,(H,29,32)/t23-,24+/m0/s1. The number of hydrogen-bond donors (Lipinski definition) is 4. The van der Waals surface area contributed by atoms with Gasteiger partial charge in [-0.25, -0.2) is 4.79 Å². The molecule has 0 saturated heterocycles. The van der Waals surface area contributed by atoms with E-state index >= 15 is 0 Å². The Hall–Kier alpha value is -3.23. The predicted octanol–water partition coefficient (Wildman–Crippen LogP) is 3.61. The van der Waals surface area contributed by atoms with Gasteiger partial charge in [-0.3, -0.25) is 4.79 Å². The number of halogens is 1. The zero-order valence-corrected chi connectivity index (χ0v) is 19.5.